The summed E-state index contributed by atoms with van der Waals surface area (Å²) in [6.07, 6.45) is 4.59. The molecule has 1 fully saturated rings. The maximum atomic E-state index is 12.9. The Kier molecular flexibility index (Phi) is 5.14. The molecule has 0 aliphatic heterocycles. The Labute approximate surface area is 108 Å². The molecule has 0 amide bonds. The van der Waals surface area contributed by atoms with Gasteiger partial charge in [0.1, 0.15) is 5.82 Å². The maximum absolute atomic E-state index is 12.9. The number of aliphatic hydroxyl groups excluding tert-OH is 1. The fourth-order valence-corrected chi connectivity index (χ4v) is 2.20. The third kappa shape index (κ3) is 4.75. The molecule has 0 aromatic heterocycles. The van der Waals surface area contributed by atoms with E-state index < -0.39 is 0 Å². The van der Waals surface area contributed by atoms with Crippen LogP contribution in [0.1, 0.15) is 31.2 Å². The van der Waals surface area contributed by atoms with E-state index >= 15 is 0 Å². The SMILES string of the molecule is OCCCCN(Cc1ccc(F)cc1)CC1CC1. The van der Waals surface area contributed by atoms with Crippen molar-refractivity contribution < 1.29 is 9.50 Å². The second kappa shape index (κ2) is 6.86. The Morgan fingerprint density at radius 1 is 1.17 bits per heavy atom. The van der Waals surface area contributed by atoms with Crippen molar-refractivity contribution in [3.63, 3.8) is 0 Å². The smallest absolute Gasteiger partial charge is 0.123 e. The predicted molar refractivity (Wildman–Crippen MR) is 70.7 cm³/mol. The van der Waals surface area contributed by atoms with Crippen LogP contribution < -0.4 is 0 Å². The summed E-state index contributed by atoms with van der Waals surface area (Å²) in [6.45, 7) is 3.33. The summed E-state index contributed by atoms with van der Waals surface area (Å²) in [5.41, 5.74) is 1.17. The van der Waals surface area contributed by atoms with Crippen LogP contribution in [0.5, 0.6) is 0 Å². The summed E-state index contributed by atoms with van der Waals surface area (Å²) < 4.78 is 12.9. The fraction of sp³-hybridized carbons (Fsp3) is 0.600. The molecular formula is C15H22FNO. The predicted octanol–water partition coefficient (Wildman–Crippen LogP) is 2.81. The van der Waals surface area contributed by atoms with E-state index in [1.54, 1.807) is 0 Å². The Bertz CT molecular complexity index is 348. The second-order valence-corrected chi connectivity index (χ2v) is 5.24. The molecule has 0 atom stereocenters. The third-order valence-electron chi connectivity index (χ3n) is 3.42. The number of aliphatic hydroxyl groups is 1. The first kappa shape index (κ1) is 13.5. The van der Waals surface area contributed by atoms with E-state index in [2.05, 4.69) is 4.90 Å². The van der Waals surface area contributed by atoms with Crippen molar-refractivity contribution in [2.45, 2.75) is 32.2 Å². The van der Waals surface area contributed by atoms with Crippen molar-refractivity contribution in [2.24, 2.45) is 5.92 Å². The molecule has 0 unspecified atom stereocenters. The van der Waals surface area contributed by atoms with Crippen LogP contribution in [0.15, 0.2) is 24.3 Å². The highest BCUT2D eigenvalue weighted by atomic mass is 19.1. The monoisotopic (exact) mass is 251 g/mol. The van der Waals surface area contributed by atoms with Gasteiger partial charge in [-0.15, -0.1) is 0 Å². The van der Waals surface area contributed by atoms with Crippen molar-refractivity contribution in [3.8, 4) is 0 Å². The fourth-order valence-electron chi connectivity index (χ4n) is 2.20. The standard InChI is InChI=1S/C15H22FNO/c16-15-7-5-14(6-8-15)12-17(9-1-2-10-18)11-13-3-4-13/h5-8,13,18H,1-4,9-12H2. The molecule has 18 heavy (non-hydrogen) atoms. The molecule has 1 aliphatic carbocycles. The van der Waals surface area contributed by atoms with E-state index in [0.29, 0.717) is 0 Å². The molecule has 0 bridgehead atoms. The summed E-state index contributed by atoms with van der Waals surface area (Å²) in [5.74, 6) is 0.687. The summed E-state index contributed by atoms with van der Waals surface area (Å²) >= 11 is 0. The Hall–Kier alpha value is -0.930. The molecule has 3 heteroatoms. The van der Waals surface area contributed by atoms with Gasteiger partial charge in [0.15, 0.2) is 0 Å². The van der Waals surface area contributed by atoms with Gasteiger partial charge in [-0.05, 0) is 55.8 Å². The van der Waals surface area contributed by atoms with Crippen LogP contribution >= 0.6 is 0 Å². The number of hydrogen-bond donors (Lipinski definition) is 1. The van der Waals surface area contributed by atoms with Crippen LogP contribution in [0.25, 0.3) is 0 Å². The first-order valence-corrected chi connectivity index (χ1v) is 6.85. The highest BCUT2D eigenvalue weighted by Crippen LogP contribution is 2.30. The summed E-state index contributed by atoms with van der Waals surface area (Å²) in [4.78, 5) is 2.43. The Morgan fingerprint density at radius 2 is 1.89 bits per heavy atom. The van der Waals surface area contributed by atoms with Crippen LogP contribution in [-0.4, -0.2) is 29.7 Å². The number of rotatable bonds is 8. The van der Waals surface area contributed by atoms with Crippen molar-refractivity contribution in [1.82, 2.24) is 4.90 Å². The lowest BCUT2D eigenvalue weighted by molar-refractivity contribution is 0.229. The van der Waals surface area contributed by atoms with Crippen molar-refractivity contribution in [2.75, 3.05) is 19.7 Å². The molecule has 2 nitrogen and oxygen atoms in total. The zero-order valence-electron chi connectivity index (χ0n) is 10.8. The number of benzene rings is 1. The third-order valence-corrected chi connectivity index (χ3v) is 3.42. The molecule has 1 saturated carbocycles. The van der Waals surface area contributed by atoms with E-state index in [1.165, 1.54) is 30.5 Å². The Balaban J connectivity index is 1.84. The first-order chi connectivity index (χ1) is 8.78. The summed E-state index contributed by atoms with van der Waals surface area (Å²) in [5, 5.41) is 8.83. The lowest BCUT2D eigenvalue weighted by atomic mass is 10.2. The number of unbranched alkanes of at least 4 members (excludes halogenated alkanes) is 1. The van der Waals surface area contributed by atoms with Gasteiger partial charge in [-0.3, -0.25) is 4.90 Å². The van der Waals surface area contributed by atoms with Crippen LogP contribution in [0.2, 0.25) is 0 Å². The molecule has 1 aromatic rings. The molecule has 2 rings (SSSR count). The molecular weight excluding hydrogens is 229 g/mol. The van der Waals surface area contributed by atoms with Gasteiger partial charge in [-0.2, -0.15) is 0 Å². The minimum Gasteiger partial charge on any atom is -0.396 e. The van der Waals surface area contributed by atoms with E-state index in [1.807, 2.05) is 12.1 Å². The van der Waals surface area contributed by atoms with Crippen LogP contribution in [0.4, 0.5) is 4.39 Å². The van der Waals surface area contributed by atoms with E-state index in [0.717, 1.165) is 38.4 Å². The Morgan fingerprint density at radius 3 is 2.50 bits per heavy atom. The van der Waals surface area contributed by atoms with E-state index in [9.17, 15) is 4.39 Å². The van der Waals surface area contributed by atoms with Crippen molar-refractivity contribution in [3.05, 3.63) is 35.6 Å². The average Bonchev–Trinajstić information content (AvgIpc) is 3.16. The van der Waals surface area contributed by atoms with Gasteiger partial charge in [-0.25, -0.2) is 4.39 Å². The quantitative estimate of drug-likeness (QED) is 0.718. The summed E-state index contributed by atoms with van der Waals surface area (Å²) in [7, 11) is 0. The van der Waals surface area contributed by atoms with E-state index in [4.69, 9.17) is 5.11 Å². The van der Waals surface area contributed by atoms with Gasteiger partial charge in [-0.1, -0.05) is 12.1 Å². The first-order valence-electron chi connectivity index (χ1n) is 6.85. The minimum absolute atomic E-state index is 0.173. The largest absolute Gasteiger partial charge is 0.396 e. The van der Waals surface area contributed by atoms with E-state index in [-0.39, 0.29) is 12.4 Å². The molecule has 0 radical (unpaired) electrons. The molecule has 0 saturated heterocycles. The number of nitrogens with zero attached hydrogens (tertiary/aromatic N) is 1. The average molecular weight is 251 g/mol. The van der Waals surface area contributed by atoms with Crippen molar-refractivity contribution >= 4 is 0 Å². The molecule has 1 aromatic carbocycles. The van der Waals surface area contributed by atoms with Gasteiger partial charge in [0.25, 0.3) is 0 Å². The minimum atomic E-state index is -0.173. The van der Waals surface area contributed by atoms with Crippen molar-refractivity contribution in [1.29, 1.82) is 0 Å². The molecule has 1 N–H and O–H groups in total. The van der Waals surface area contributed by atoms with Crippen LogP contribution in [0.3, 0.4) is 0 Å². The number of hydrogen-bond acceptors (Lipinski definition) is 2. The van der Waals surface area contributed by atoms with Crippen LogP contribution in [0, 0.1) is 11.7 Å². The van der Waals surface area contributed by atoms with Gasteiger partial charge in [0.05, 0.1) is 0 Å². The molecule has 100 valence electrons. The highest BCUT2D eigenvalue weighted by molar-refractivity contribution is 5.15. The lowest BCUT2D eigenvalue weighted by Crippen LogP contribution is -2.27. The normalized spacial score (nSPS) is 15.3. The number of halogens is 1. The molecule has 0 spiro atoms. The topological polar surface area (TPSA) is 23.5 Å². The van der Waals surface area contributed by atoms with Gasteiger partial charge in [0, 0.05) is 19.7 Å². The summed E-state index contributed by atoms with van der Waals surface area (Å²) in [6, 6.07) is 6.78. The van der Waals surface area contributed by atoms with Gasteiger partial charge < -0.3 is 5.11 Å². The second-order valence-electron chi connectivity index (χ2n) is 5.24. The highest BCUT2D eigenvalue weighted by Gasteiger charge is 2.24. The van der Waals surface area contributed by atoms with Crippen LogP contribution in [-0.2, 0) is 6.54 Å². The zero-order chi connectivity index (χ0) is 12.8. The molecule has 0 heterocycles. The molecule has 1 aliphatic rings. The van der Waals surface area contributed by atoms with Gasteiger partial charge >= 0.3 is 0 Å². The zero-order valence-corrected chi connectivity index (χ0v) is 10.8. The lowest BCUT2D eigenvalue weighted by Gasteiger charge is -2.22. The van der Waals surface area contributed by atoms with Gasteiger partial charge in [0.2, 0.25) is 0 Å². The maximum Gasteiger partial charge on any atom is 0.123 e.